The summed E-state index contributed by atoms with van der Waals surface area (Å²) in [7, 11) is -1.95. The van der Waals surface area contributed by atoms with Crippen molar-refractivity contribution in [3.05, 3.63) is 54.1 Å². The van der Waals surface area contributed by atoms with Gasteiger partial charge in [-0.05, 0) is 28.6 Å². The van der Waals surface area contributed by atoms with Crippen LogP contribution < -0.4 is 4.50 Å². The maximum absolute atomic E-state index is 14.7. The minimum atomic E-state index is -3.55. The molecule has 0 aliphatic rings. The minimum absolute atomic E-state index is 0.126. The lowest BCUT2D eigenvalue weighted by Crippen LogP contribution is -2.40. The normalized spacial score (nSPS) is 13.9. The third kappa shape index (κ3) is 3.61. The summed E-state index contributed by atoms with van der Waals surface area (Å²) in [6, 6.07) is 11.1. The van der Waals surface area contributed by atoms with E-state index in [9.17, 15) is 13.2 Å². The highest BCUT2D eigenvalue weighted by Gasteiger charge is 2.44. The molecule has 23 heavy (non-hydrogen) atoms. The van der Waals surface area contributed by atoms with E-state index >= 15 is 0 Å². The molecule has 0 amide bonds. The number of hydrogen-bond donors (Lipinski definition) is 0. The molecule has 1 unspecified atom stereocenters. The number of thiophene rings is 1. The molecule has 0 saturated carbocycles. The molecule has 0 spiro atoms. The van der Waals surface area contributed by atoms with Gasteiger partial charge < -0.3 is 0 Å². The van der Waals surface area contributed by atoms with Crippen LogP contribution in [0.25, 0.3) is 10.4 Å². The van der Waals surface area contributed by atoms with Crippen molar-refractivity contribution in [1.29, 1.82) is 0 Å². The van der Waals surface area contributed by atoms with Crippen LogP contribution >= 0.6 is 11.3 Å². The highest BCUT2D eigenvalue weighted by Crippen LogP contribution is 2.42. The Morgan fingerprint density at radius 1 is 1.17 bits per heavy atom. The largest absolute Gasteiger partial charge is 0.303 e. The topological polar surface area (TPSA) is 0 Å². The molecule has 0 fully saturated rings. The molecule has 5 heteroatoms. The number of allylic oxidation sites excluding steroid dienone is 1. The molecule has 0 aliphatic heterocycles. The number of halogens is 3. The van der Waals surface area contributed by atoms with Gasteiger partial charge in [0.1, 0.15) is 0 Å². The second-order valence-corrected chi connectivity index (χ2v) is 13.2. The molecule has 0 nitrogen and oxygen atoms in total. The quantitative estimate of drug-likeness (QED) is 0.444. The molecular weight excluding hydrogens is 333 g/mol. The minimum Gasteiger partial charge on any atom is -0.235 e. The molecule has 1 aromatic carbocycles. The Hall–Kier alpha value is -1.33. The summed E-state index contributed by atoms with van der Waals surface area (Å²) in [6.45, 7) is 10.6. The van der Waals surface area contributed by atoms with Gasteiger partial charge >= 0.3 is 5.92 Å². The van der Waals surface area contributed by atoms with Gasteiger partial charge in [-0.3, -0.25) is 0 Å². The fourth-order valence-electron chi connectivity index (χ4n) is 2.34. The number of alkyl halides is 3. The van der Waals surface area contributed by atoms with Crippen molar-refractivity contribution >= 4 is 23.9 Å². The third-order valence-electron chi connectivity index (χ3n) is 3.66. The third-order valence-corrected chi connectivity index (χ3v) is 8.47. The molecular formula is C18H21F3SSi. The zero-order chi connectivity index (χ0) is 17.4. The van der Waals surface area contributed by atoms with Crippen LogP contribution in [0.15, 0.2) is 48.6 Å². The fraction of sp³-hybridized carbons (Fsp3) is 0.333. The first-order chi connectivity index (χ1) is 10.5. The molecule has 0 N–H and O–H groups in total. The summed E-state index contributed by atoms with van der Waals surface area (Å²) in [5.74, 6) is -3.55. The van der Waals surface area contributed by atoms with E-state index in [0.717, 1.165) is 14.9 Å². The fourth-order valence-corrected chi connectivity index (χ4v) is 5.90. The number of hydrogen-bond acceptors (Lipinski definition) is 1. The molecule has 0 aliphatic carbocycles. The van der Waals surface area contributed by atoms with E-state index in [4.69, 9.17) is 0 Å². The van der Waals surface area contributed by atoms with Gasteiger partial charge in [0, 0.05) is 10.4 Å². The summed E-state index contributed by atoms with van der Waals surface area (Å²) in [5.41, 5.74) is 0.606. The van der Waals surface area contributed by atoms with E-state index < -0.39 is 25.7 Å². The van der Waals surface area contributed by atoms with E-state index in [2.05, 4.69) is 6.58 Å². The average Bonchev–Trinajstić information content (AvgIpc) is 2.92. The molecule has 1 aromatic heterocycles. The van der Waals surface area contributed by atoms with E-state index in [1.165, 1.54) is 18.3 Å². The Balaban J connectivity index is 2.59. The van der Waals surface area contributed by atoms with Crippen molar-refractivity contribution in [3.63, 3.8) is 0 Å². The highest BCUT2D eigenvalue weighted by atomic mass is 32.1. The van der Waals surface area contributed by atoms with Gasteiger partial charge in [-0.1, -0.05) is 56.6 Å². The van der Waals surface area contributed by atoms with Gasteiger partial charge in [-0.15, -0.1) is 11.3 Å². The van der Waals surface area contributed by atoms with E-state index in [0.29, 0.717) is 0 Å². The van der Waals surface area contributed by atoms with Crippen molar-refractivity contribution in [3.8, 4) is 10.4 Å². The second kappa shape index (κ2) is 6.28. The van der Waals surface area contributed by atoms with Crippen LogP contribution in [0.3, 0.4) is 0 Å². The Labute approximate surface area is 140 Å². The van der Waals surface area contributed by atoms with Crippen LogP contribution in [0, 0.1) is 0 Å². The van der Waals surface area contributed by atoms with Gasteiger partial charge in [0.05, 0.1) is 8.07 Å². The monoisotopic (exact) mass is 354 g/mol. The van der Waals surface area contributed by atoms with Crippen LogP contribution in [0.1, 0.15) is 18.7 Å². The average molecular weight is 355 g/mol. The number of rotatable bonds is 5. The Bertz CT molecular complexity index is 699. The predicted octanol–water partition coefficient (Wildman–Crippen LogP) is 6.18. The predicted molar refractivity (Wildman–Crippen MR) is 96.3 cm³/mol. The molecule has 2 aromatic rings. The van der Waals surface area contributed by atoms with Gasteiger partial charge in [0.2, 0.25) is 0 Å². The molecule has 1 atom stereocenters. The van der Waals surface area contributed by atoms with Crippen molar-refractivity contribution in [2.75, 3.05) is 0 Å². The lowest BCUT2D eigenvalue weighted by atomic mass is 10.0. The van der Waals surface area contributed by atoms with Crippen LogP contribution in [0.4, 0.5) is 13.2 Å². The zero-order valence-electron chi connectivity index (χ0n) is 13.8. The van der Waals surface area contributed by atoms with Gasteiger partial charge in [0.25, 0.3) is 0 Å². The Kier molecular flexibility index (Phi) is 4.92. The lowest BCUT2D eigenvalue weighted by Gasteiger charge is -2.24. The van der Waals surface area contributed by atoms with E-state index in [1.807, 2.05) is 50.0 Å². The van der Waals surface area contributed by atoms with Crippen LogP contribution in [0.5, 0.6) is 0 Å². The van der Waals surface area contributed by atoms with Crippen molar-refractivity contribution < 1.29 is 13.2 Å². The van der Waals surface area contributed by atoms with Crippen molar-refractivity contribution in [2.24, 2.45) is 0 Å². The summed E-state index contributed by atoms with van der Waals surface area (Å²) in [6.07, 6.45) is -2.35. The SMILES string of the molecule is C=C(C)C(F)(F)C(F)c1cc(-c2ccccc2)sc1[Si](C)(C)C. The van der Waals surface area contributed by atoms with Crippen molar-refractivity contribution in [2.45, 2.75) is 38.7 Å². The molecule has 0 bridgehead atoms. The first-order valence-corrected chi connectivity index (χ1v) is 11.7. The van der Waals surface area contributed by atoms with E-state index in [-0.39, 0.29) is 5.56 Å². The van der Waals surface area contributed by atoms with Crippen LogP contribution in [-0.4, -0.2) is 14.0 Å². The maximum atomic E-state index is 14.7. The summed E-state index contributed by atoms with van der Waals surface area (Å²) in [4.78, 5) is 0.832. The zero-order valence-corrected chi connectivity index (χ0v) is 15.6. The standard InChI is InChI=1S/C18H21F3SSi/c1-12(2)18(20,21)16(19)14-11-15(13-9-7-6-8-10-13)22-17(14)23(3,4)5/h6-11,16H,1H2,2-5H3. The van der Waals surface area contributed by atoms with Crippen LogP contribution in [0.2, 0.25) is 19.6 Å². The summed E-state index contributed by atoms with van der Waals surface area (Å²) >= 11 is 1.43. The smallest absolute Gasteiger partial charge is 0.235 e. The number of benzene rings is 1. The Morgan fingerprint density at radius 3 is 2.22 bits per heavy atom. The van der Waals surface area contributed by atoms with Gasteiger partial charge in [0.15, 0.2) is 6.17 Å². The van der Waals surface area contributed by atoms with Gasteiger partial charge in [-0.25, -0.2) is 4.39 Å². The molecule has 124 valence electrons. The highest BCUT2D eigenvalue weighted by molar-refractivity contribution is 7.29. The summed E-state index contributed by atoms with van der Waals surface area (Å²) < 4.78 is 43.8. The second-order valence-electron chi connectivity index (χ2n) is 6.78. The molecule has 0 saturated heterocycles. The molecule has 0 radical (unpaired) electrons. The lowest BCUT2D eigenvalue weighted by molar-refractivity contribution is -0.0386. The first-order valence-electron chi connectivity index (χ1n) is 7.42. The molecule has 2 rings (SSSR count). The first kappa shape index (κ1) is 18.0. The summed E-state index contributed by atoms with van der Waals surface area (Å²) in [5, 5.41) is 0. The Morgan fingerprint density at radius 2 is 1.74 bits per heavy atom. The molecule has 1 heterocycles. The van der Waals surface area contributed by atoms with Crippen LogP contribution in [-0.2, 0) is 0 Å². The maximum Gasteiger partial charge on any atom is 0.303 e. The van der Waals surface area contributed by atoms with E-state index in [1.54, 1.807) is 6.07 Å². The van der Waals surface area contributed by atoms with Crippen molar-refractivity contribution in [1.82, 2.24) is 0 Å². The van der Waals surface area contributed by atoms with Gasteiger partial charge in [-0.2, -0.15) is 8.78 Å².